The third kappa shape index (κ3) is 4.27. The van der Waals surface area contributed by atoms with Gasteiger partial charge < -0.3 is 9.73 Å². The summed E-state index contributed by atoms with van der Waals surface area (Å²) < 4.78 is 43.0. The monoisotopic (exact) mass is 331 g/mol. The number of hydrogen-bond acceptors (Lipinski definition) is 2. The van der Waals surface area contributed by atoms with Crippen LogP contribution in [0.25, 0.3) is 0 Å². The number of aryl methyl sites for hydroxylation is 2. The standard InChI is InChI=1S/C15H13ClF3NO2/c1-9-2-4-11(22-9)5-7-14(21)20-10-3-6-12(13(16)8-10)15(17,18)19/h2-4,6,8H,5,7H2,1H3,(H,20,21). The van der Waals surface area contributed by atoms with E-state index in [1.54, 1.807) is 19.1 Å². The zero-order valence-corrected chi connectivity index (χ0v) is 12.4. The number of rotatable bonds is 4. The number of carbonyl (C=O) groups is 1. The number of nitrogens with one attached hydrogen (secondary N) is 1. The molecule has 22 heavy (non-hydrogen) atoms. The number of amides is 1. The maximum absolute atomic E-state index is 12.6. The first-order valence-corrected chi connectivity index (χ1v) is 6.85. The largest absolute Gasteiger partial charge is 0.466 e. The summed E-state index contributed by atoms with van der Waals surface area (Å²) in [6.45, 7) is 1.80. The van der Waals surface area contributed by atoms with Crippen molar-refractivity contribution in [2.24, 2.45) is 0 Å². The Hall–Kier alpha value is -1.95. The van der Waals surface area contributed by atoms with E-state index in [0.29, 0.717) is 12.2 Å². The molecule has 7 heteroatoms. The molecule has 0 aliphatic heterocycles. The number of carbonyl (C=O) groups excluding carboxylic acids is 1. The average Bonchev–Trinajstić information content (AvgIpc) is 2.81. The second kappa shape index (κ2) is 6.44. The molecule has 1 aromatic carbocycles. The molecule has 0 bridgehead atoms. The zero-order chi connectivity index (χ0) is 16.3. The molecule has 2 aromatic rings. The van der Waals surface area contributed by atoms with Gasteiger partial charge in [-0.25, -0.2) is 0 Å². The predicted octanol–water partition coefficient (Wildman–Crippen LogP) is 4.83. The predicted molar refractivity (Wildman–Crippen MR) is 76.8 cm³/mol. The molecule has 118 valence electrons. The molecule has 0 saturated carbocycles. The van der Waals surface area contributed by atoms with E-state index >= 15 is 0 Å². The lowest BCUT2D eigenvalue weighted by atomic mass is 10.2. The Morgan fingerprint density at radius 3 is 2.55 bits per heavy atom. The van der Waals surface area contributed by atoms with Crippen molar-refractivity contribution in [2.45, 2.75) is 25.9 Å². The van der Waals surface area contributed by atoms with Gasteiger partial charge in [-0.1, -0.05) is 11.6 Å². The van der Waals surface area contributed by atoms with Crippen molar-refractivity contribution in [3.8, 4) is 0 Å². The van der Waals surface area contributed by atoms with Crippen LogP contribution in [0.4, 0.5) is 18.9 Å². The van der Waals surface area contributed by atoms with E-state index in [1.165, 1.54) is 6.07 Å². The van der Waals surface area contributed by atoms with Crippen LogP contribution in [-0.4, -0.2) is 5.91 Å². The van der Waals surface area contributed by atoms with Crippen molar-refractivity contribution in [3.05, 3.63) is 52.4 Å². The Kier molecular flexibility index (Phi) is 4.81. The molecule has 0 radical (unpaired) electrons. The molecule has 3 nitrogen and oxygen atoms in total. The summed E-state index contributed by atoms with van der Waals surface area (Å²) in [5.41, 5.74) is -0.711. The van der Waals surface area contributed by atoms with Crippen LogP contribution in [0.15, 0.2) is 34.7 Å². The first-order valence-electron chi connectivity index (χ1n) is 6.47. The summed E-state index contributed by atoms with van der Waals surface area (Å²) >= 11 is 5.59. The molecule has 0 fully saturated rings. The van der Waals surface area contributed by atoms with Gasteiger partial charge in [-0.3, -0.25) is 4.79 Å². The van der Waals surface area contributed by atoms with Crippen LogP contribution in [0.2, 0.25) is 5.02 Å². The highest BCUT2D eigenvalue weighted by Gasteiger charge is 2.33. The van der Waals surface area contributed by atoms with Crippen molar-refractivity contribution >= 4 is 23.2 Å². The van der Waals surface area contributed by atoms with Gasteiger partial charge in [0.2, 0.25) is 5.91 Å². The Labute approximate surface area is 130 Å². The summed E-state index contributed by atoms with van der Waals surface area (Å²) in [5.74, 6) is 1.10. The first-order chi connectivity index (χ1) is 10.3. The van der Waals surface area contributed by atoms with E-state index in [9.17, 15) is 18.0 Å². The van der Waals surface area contributed by atoms with Crippen LogP contribution in [-0.2, 0) is 17.4 Å². The van der Waals surface area contributed by atoms with Crippen molar-refractivity contribution in [1.29, 1.82) is 0 Å². The maximum atomic E-state index is 12.6. The summed E-state index contributed by atoms with van der Waals surface area (Å²) in [6.07, 6.45) is -3.95. The van der Waals surface area contributed by atoms with Gasteiger partial charge in [0.1, 0.15) is 11.5 Å². The van der Waals surface area contributed by atoms with E-state index < -0.39 is 16.8 Å². The number of benzene rings is 1. The van der Waals surface area contributed by atoms with Gasteiger partial charge in [-0.05, 0) is 37.3 Å². The average molecular weight is 332 g/mol. The quantitative estimate of drug-likeness (QED) is 0.871. The van der Waals surface area contributed by atoms with Crippen molar-refractivity contribution < 1.29 is 22.4 Å². The minimum absolute atomic E-state index is 0.158. The van der Waals surface area contributed by atoms with E-state index in [-0.39, 0.29) is 18.0 Å². The van der Waals surface area contributed by atoms with Gasteiger partial charge >= 0.3 is 6.18 Å². The van der Waals surface area contributed by atoms with Crippen LogP contribution in [0.5, 0.6) is 0 Å². The van der Waals surface area contributed by atoms with Gasteiger partial charge in [-0.2, -0.15) is 13.2 Å². The molecular weight excluding hydrogens is 319 g/mol. The summed E-state index contributed by atoms with van der Waals surface area (Å²) in [4.78, 5) is 11.8. The highest BCUT2D eigenvalue weighted by atomic mass is 35.5. The molecule has 0 aliphatic carbocycles. The lowest BCUT2D eigenvalue weighted by Gasteiger charge is -2.11. The fourth-order valence-corrected chi connectivity index (χ4v) is 2.19. The fraction of sp³-hybridized carbons (Fsp3) is 0.267. The topological polar surface area (TPSA) is 42.2 Å². The second-order valence-corrected chi connectivity index (χ2v) is 5.16. The molecule has 0 saturated heterocycles. The number of halogens is 4. The van der Waals surface area contributed by atoms with E-state index in [4.69, 9.17) is 16.0 Å². The number of anilines is 1. The van der Waals surface area contributed by atoms with E-state index in [0.717, 1.165) is 17.9 Å². The van der Waals surface area contributed by atoms with Gasteiger partial charge in [0, 0.05) is 18.5 Å². The Balaban J connectivity index is 1.95. The molecule has 0 spiro atoms. The number of alkyl halides is 3. The lowest BCUT2D eigenvalue weighted by Crippen LogP contribution is -2.13. The fourth-order valence-electron chi connectivity index (χ4n) is 1.90. The molecule has 1 aromatic heterocycles. The molecule has 0 aliphatic rings. The normalized spacial score (nSPS) is 11.5. The smallest absolute Gasteiger partial charge is 0.417 e. The molecule has 0 unspecified atom stereocenters. The van der Waals surface area contributed by atoms with Crippen LogP contribution in [0.3, 0.4) is 0 Å². The molecule has 1 heterocycles. The van der Waals surface area contributed by atoms with E-state index in [1.807, 2.05) is 0 Å². The molecule has 0 atom stereocenters. The molecule has 1 N–H and O–H groups in total. The van der Waals surface area contributed by atoms with Crippen LogP contribution in [0.1, 0.15) is 23.5 Å². The van der Waals surface area contributed by atoms with Crippen LogP contribution in [0, 0.1) is 6.92 Å². The van der Waals surface area contributed by atoms with Crippen molar-refractivity contribution in [3.63, 3.8) is 0 Å². The summed E-state index contributed by atoms with van der Waals surface area (Å²) in [6, 6.07) is 6.66. The van der Waals surface area contributed by atoms with Gasteiger partial charge in [0.25, 0.3) is 0 Å². The lowest BCUT2D eigenvalue weighted by molar-refractivity contribution is -0.137. The molecular formula is C15H13ClF3NO2. The number of furan rings is 1. The maximum Gasteiger partial charge on any atom is 0.417 e. The van der Waals surface area contributed by atoms with E-state index in [2.05, 4.69) is 5.32 Å². The van der Waals surface area contributed by atoms with Crippen molar-refractivity contribution in [2.75, 3.05) is 5.32 Å². The number of hydrogen-bond donors (Lipinski definition) is 1. The Morgan fingerprint density at radius 2 is 2.00 bits per heavy atom. The van der Waals surface area contributed by atoms with Crippen molar-refractivity contribution in [1.82, 2.24) is 0 Å². The third-order valence-corrected chi connectivity index (χ3v) is 3.27. The summed E-state index contributed by atoms with van der Waals surface area (Å²) in [7, 11) is 0. The van der Waals surface area contributed by atoms with Gasteiger partial charge in [-0.15, -0.1) is 0 Å². The Bertz CT molecular complexity index is 680. The highest BCUT2D eigenvalue weighted by molar-refractivity contribution is 6.31. The minimum Gasteiger partial charge on any atom is -0.466 e. The first kappa shape index (κ1) is 16.4. The summed E-state index contributed by atoms with van der Waals surface area (Å²) in [5, 5.41) is 2.05. The highest BCUT2D eigenvalue weighted by Crippen LogP contribution is 2.35. The SMILES string of the molecule is Cc1ccc(CCC(=O)Nc2ccc(C(F)(F)F)c(Cl)c2)o1. The zero-order valence-electron chi connectivity index (χ0n) is 11.6. The van der Waals surface area contributed by atoms with Gasteiger partial charge in [0.05, 0.1) is 10.6 Å². The molecule has 2 rings (SSSR count). The second-order valence-electron chi connectivity index (χ2n) is 4.75. The third-order valence-electron chi connectivity index (χ3n) is 2.95. The van der Waals surface area contributed by atoms with Gasteiger partial charge in [0.15, 0.2) is 0 Å². The van der Waals surface area contributed by atoms with Crippen LogP contribution >= 0.6 is 11.6 Å². The van der Waals surface area contributed by atoms with Crippen LogP contribution < -0.4 is 5.32 Å². The Morgan fingerprint density at radius 1 is 1.27 bits per heavy atom. The minimum atomic E-state index is -4.52. The molecule has 1 amide bonds.